The van der Waals surface area contributed by atoms with E-state index < -0.39 is 12.2 Å². The van der Waals surface area contributed by atoms with Gasteiger partial charge in [-0.2, -0.15) is 5.10 Å². The molecule has 4 aromatic rings. The molecule has 1 N–H and O–H groups in total. The summed E-state index contributed by atoms with van der Waals surface area (Å²) in [5.41, 5.74) is 1.87. The normalized spacial score (nSPS) is 13.5. The molecule has 5 rings (SSSR count). The van der Waals surface area contributed by atoms with Gasteiger partial charge < -0.3 is 19.5 Å². The molecule has 0 aliphatic carbocycles. The predicted octanol–water partition coefficient (Wildman–Crippen LogP) is 4.85. The molecule has 0 atom stereocenters. The van der Waals surface area contributed by atoms with Gasteiger partial charge in [0.15, 0.2) is 11.5 Å². The van der Waals surface area contributed by atoms with E-state index in [2.05, 4.69) is 24.9 Å². The van der Waals surface area contributed by atoms with E-state index in [1.165, 1.54) is 18.2 Å². The van der Waals surface area contributed by atoms with Crippen molar-refractivity contribution in [2.45, 2.75) is 6.29 Å². The number of nitrogens with zero attached hydrogens (tertiary/aromatic N) is 3. The van der Waals surface area contributed by atoms with E-state index in [1.54, 1.807) is 53.5 Å². The second kappa shape index (κ2) is 7.90. The van der Waals surface area contributed by atoms with Gasteiger partial charge in [-0.3, -0.25) is 14.5 Å². The van der Waals surface area contributed by atoms with Crippen molar-refractivity contribution >= 4 is 11.6 Å². The summed E-state index contributed by atoms with van der Waals surface area (Å²) < 4.78 is 43.3. The van der Waals surface area contributed by atoms with Crippen molar-refractivity contribution < 1.29 is 27.8 Å². The van der Waals surface area contributed by atoms with Crippen LogP contribution in [0.1, 0.15) is 10.4 Å². The molecule has 8 nitrogen and oxygen atoms in total. The third-order valence-electron chi connectivity index (χ3n) is 4.73. The first kappa shape index (κ1) is 20.4. The van der Waals surface area contributed by atoms with Crippen LogP contribution in [0.2, 0.25) is 0 Å². The maximum Gasteiger partial charge on any atom is 0.586 e. The summed E-state index contributed by atoms with van der Waals surface area (Å²) in [4.78, 5) is 17.0. The van der Waals surface area contributed by atoms with Crippen LogP contribution in [0, 0.1) is 0 Å². The van der Waals surface area contributed by atoms with Gasteiger partial charge in [0.2, 0.25) is 0 Å². The zero-order chi connectivity index (χ0) is 23.0. The number of nitrogens with one attached hydrogen (secondary N) is 1. The van der Waals surface area contributed by atoms with E-state index in [9.17, 15) is 13.6 Å². The first-order valence-corrected chi connectivity index (χ1v) is 9.79. The van der Waals surface area contributed by atoms with E-state index in [0.29, 0.717) is 22.9 Å². The molecular weight excluding hydrogens is 434 g/mol. The number of anilines is 1. The molecule has 2 aromatic heterocycles. The average Bonchev–Trinajstić information content (AvgIpc) is 3.35. The van der Waals surface area contributed by atoms with Crippen molar-refractivity contribution in [1.29, 1.82) is 0 Å². The number of amides is 1. The standard InChI is InChI=1S/C23H16F2N4O4/c1-29-13-14(12-27-29)19-11-17(8-9-26-19)31-16-5-2-4-15(10-16)28-22(30)18-6-3-7-20-21(18)33-23(24,25)32-20/h2-13H,1H3,(H,28,30). The second-order valence-corrected chi connectivity index (χ2v) is 7.16. The Morgan fingerprint density at radius 3 is 2.73 bits per heavy atom. The third kappa shape index (κ3) is 4.31. The molecule has 1 aliphatic heterocycles. The molecular formula is C23H16F2N4O4. The molecule has 33 heavy (non-hydrogen) atoms. The van der Waals surface area contributed by atoms with Gasteiger partial charge in [-0.25, -0.2) is 0 Å². The molecule has 0 unspecified atom stereocenters. The van der Waals surface area contributed by atoms with Gasteiger partial charge in [-0.15, -0.1) is 8.78 Å². The number of hydrogen-bond acceptors (Lipinski definition) is 6. The number of aromatic nitrogens is 3. The number of halogens is 2. The van der Waals surface area contributed by atoms with Crippen LogP contribution in [0.5, 0.6) is 23.0 Å². The molecule has 0 saturated carbocycles. The van der Waals surface area contributed by atoms with Crippen LogP contribution in [0.4, 0.5) is 14.5 Å². The minimum atomic E-state index is -3.81. The number of benzene rings is 2. The minimum absolute atomic E-state index is 0.0776. The zero-order valence-corrected chi connectivity index (χ0v) is 17.2. The van der Waals surface area contributed by atoms with Crippen molar-refractivity contribution in [2.24, 2.45) is 7.05 Å². The zero-order valence-electron chi connectivity index (χ0n) is 17.2. The lowest BCUT2D eigenvalue weighted by molar-refractivity contribution is -0.286. The van der Waals surface area contributed by atoms with Crippen LogP contribution in [-0.2, 0) is 7.05 Å². The molecule has 3 heterocycles. The number of alkyl halides is 2. The lowest BCUT2D eigenvalue weighted by Crippen LogP contribution is -2.26. The maximum atomic E-state index is 13.4. The molecule has 1 amide bonds. The third-order valence-corrected chi connectivity index (χ3v) is 4.73. The number of aryl methyl sites for hydroxylation is 1. The Labute approximate surface area is 186 Å². The molecule has 166 valence electrons. The first-order chi connectivity index (χ1) is 15.9. The summed E-state index contributed by atoms with van der Waals surface area (Å²) in [6.45, 7) is 0. The Morgan fingerprint density at radius 1 is 1.09 bits per heavy atom. The Kier molecular flexibility index (Phi) is 4.89. The molecule has 0 saturated heterocycles. The van der Waals surface area contributed by atoms with Gasteiger partial charge in [0.1, 0.15) is 11.5 Å². The number of carbonyl (C=O) groups is 1. The minimum Gasteiger partial charge on any atom is -0.457 e. The fraction of sp³-hybridized carbons (Fsp3) is 0.0870. The summed E-state index contributed by atoms with van der Waals surface area (Å²) in [6, 6.07) is 14.2. The number of carbonyl (C=O) groups excluding carboxylic acids is 1. The van der Waals surface area contributed by atoms with E-state index >= 15 is 0 Å². The molecule has 0 fully saturated rings. The highest BCUT2D eigenvalue weighted by molar-refractivity contribution is 6.06. The summed E-state index contributed by atoms with van der Waals surface area (Å²) in [5.74, 6) is -0.145. The maximum absolute atomic E-state index is 13.4. The number of ether oxygens (including phenoxy) is 3. The van der Waals surface area contributed by atoms with Gasteiger partial charge in [0.25, 0.3) is 5.91 Å². The SMILES string of the molecule is Cn1cc(-c2cc(Oc3cccc(NC(=O)c4cccc5c4OC(F)(F)O5)c3)ccn2)cn1. The van der Waals surface area contributed by atoms with Gasteiger partial charge in [-0.1, -0.05) is 12.1 Å². The van der Waals surface area contributed by atoms with E-state index in [1.807, 2.05) is 13.2 Å². The van der Waals surface area contributed by atoms with Crippen molar-refractivity contribution in [3.8, 4) is 34.3 Å². The van der Waals surface area contributed by atoms with E-state index in [-0.39, 0.29) is 17.1 Å². The lowest BCUT2D eigenvalue weighted by Gasteiger charge is -2.10. The molecule has 0 spiro atoms. The quantitative estimate of drug-likeness (QED) is 0.468. The second-order valence-electron chi connectivity index (χ2n) is 7.16. The Morgan fingerprint density at radius 2 is 1.91 bits per heavy atom. The highest BCUT2D eigenvalue weighted by atomic mass is 19.3. The van der Waals surface area contributed by atoms with Crippen molar-refractivity contribution in [3.05, 3.63) is 78.8 Å². The molecule has 0 radical (unpaired) electrons. The highest BCUT2D eigenvalue weighted by Crippen LogP contribution is 2.43. The lowest BCUT2D eigenvalue weighted by atomic mass is 10.1. The Hall–Kier alpha value is -4.47. The van der Waals surface area contributed by atoms with E-state index in [0.717, 1.165) is 5.56 Å². The molecule has 10 heteroatoms. The number of hydrogen-bond donors (Lipinski definition) is 1. The van der Waals surface area contributed by atoms with Crippen LogP contribution >= 0.6 is 0 Å². The molecule has 2 aromatic carbocycles. The fourth-order valence-electron chi connectivity index (χ4n) is 3.31. The van der Waals surface area contributed by atoms with Gasteiger partial charge in [-0.05, 0) is 30.3 Å². The van der Waals surface area contributed by atoms with Crippen molar-refractivity contribution in [3.63, 3.8) is 0 Å². The van der Waals surface area contributed by atoms with Crippen molar-refractivity contribution in [2.75, 3.05) is 5.32 Å². The first-order valence-electron chi connectivity index (χ1n) is 9.79. The molecule has 0 bridgehead atoms. The number of fused-ring (bicyclic) bond motifs is 1. The van der Waals surface area contributed by atoms with Crippen LogP contribution in [0.15, 0.2) is 73.2 Å². The number of pyridine rings is 1. The summed E-state index contributed by atoms with van der Waals surface area (Å²) in [5, 5.41) is 6.80. The van der Waals surface area contributed by atoms with Gasteiger partial charge in [0.05, 0.1) is 17.5 Å². The predicted molar refractivity (Wildman–Crippen MR) is 114 cm³/mol. The smallest absolute Gasteiger partial charge is 0.457 e. The van der Waals surface area contributed by atoms with Crippen LogP contribution < -0.4 is 19.5 Å². The van der Waals surface area contributed by atoms with Crippen LogP contribution in [0.25, 0.3) is 11.3 Å². The average molecular weight is 450 g/mol. The monoisotopic (exact) mass is 450 g/mol. The Balaban J connectivity index is 1.33. The van der Waals surface area contributed by atoms with Crippen LogP contribution in [0.3, 0.4) is 0 Å². The Bertz CT molecular complexity index is 1360. The van der Waals surface area contributed by atoms with Gasteiger partial charge in [0, 0.05) is 42.8 Å². The van der Waals surface area contributed by atoms with Crippen LogP contribution in [-0.4, -0.2) is 27.0 Å². The van der Waals surface area contributed by atoms with Crippen molar-refractivity contribution in [1.82, 2.24) is 14.8 Å². The van der Waals surface area contributed by atoms with Gasteiger partial charge >= 0.3 is 6.29 Å². The largest absolute Gasteiger partial charge is 0.586 e. The number of rotatable bonds is 5. The highest BCUT2D eigenvalue weighted by Gasteiger charge is 2.45. The number of para-hydroxylation sites is 1. The molecule has 1 aliphatic rings. The summed E-state index contributed by atoms with van der Waals surface area (Å²) in [7, 11) is 1.82. The topological polar surface area (TPSA) is 87.5 Å². The fourth-order valence-corrected chi connectivity index (χ4v) is 3.31. The van der Waals surface area contributed by atoms with E-state index in [4.69, 9.17) is 4.74 Å². The summed E-state index contributed by atoms with van der Waals surface area (Å²) >= 11 is 0. The summed E-state index contributed by atoms with van der Waals surface area (Å²) in [6.07, 6.45) is 1.35.